The number of carboxylic acid groups (broad SMARTS) is 2. The fourth-order valence-electron chi connectivity index (χ4n) is 6.17. The number of carbonyl (C=O) groups excluding carboxylic acids is 1. The zero-order valence-electron chi connectivity index (χ0n) is 25.2. The molecule has 0 atom stereocenters. The van der Waals surface area contributed by atoms with Crippen LogP contribution in [-0.4, -0.2) is 71.1 Å². The molecular formula is C32H42N2O9. The number of hydrogen-bond donors (Lipinski definition) is 4. The predicted octanol–water partition coefficient (Wildman–Crippen LogP) is 5.15. The maximum absolute atomic E-state index is 10.6. The molecule has 0 saturated heterocycles. The number of nitrogens with zero attached hydrogens (tertiary/aromatic N) is 1. The number of H-pyrrole nitrogens is 1. The van der Waals surface area contributed by atoms with E-state index in [1.54, 1.807) is 7.11 Å². The van der Waals surface area contributed by atoms with Crippen LogP contribution in [0.15, 0.2) is 54.6 Å². The van der Waals surface area contributed by atoms with Gasteiger partial charge in [-0.15, -0.1) is 0 Å². The predicted molar refractivity (Wildman–Crippen MR) is 159 cm³/mol. The van der Waals surface area contributed by atoms with Gasteiger partial charge in [-0.25, -0.2) is 4.79 Å². The Bertz CT molecular complexity index is 1350. The maximum atomic E-state index is 10.6. The van der Waals surface area contributed by atoms with Crippen molar-refractivity contribution in [2.45, 2.75) is 63.2 Å². The van der Waals surface area contributed by atoms with Crippen LogP contribution in [0.1, 0.15) is 62.3 Å². The fraction of sp³-hybridized carbons (Fsp3) is 0.469. The molecule has 234 valence electrons. The van der Waals surface area contributed by atoms with Crippen molar-refractivity contribution in [3.8, 4) is 0 Å². The molecule has 11 heteroatoms. The van der Waals surface area contributed by atoms with Crippen LogP contribution >= 0.6 is 0 Å². The lowest BCUT2D eigenvalue weighted by Gasteiger charge is -2.50. The van der Waals surface area contributed by atoms with Crippen LogP contribution < -0.4 is 0 Å². The van der Waals surface area contributed by atoms with Gasteiger partial charge in [0.25, 0.3) is 0 Å². The van der Waals surface area contributed by atoms with E-state index in [1.807, 2.05) is 0 Å². The molecule has 1 fully saturated rings. The Labute approximate surface area is 251 Å². The second kappa shape index (κ2) is 15.1. The Kier molecular flexibility index (Phi) is 11.8. The molecule has 2 aromatic carbocycles. The first-order valence-electron chi connectivity index (χ1n) is 14.3. The highest BCUT2D eigenvalue weighted by molar-refractivity contribution is 5.85. The summed E-state index contributed by atoms with van der Waals surface area (Å²) in [5.41, 5.74) is 4.72. The van der Waals surface area contributed by atoms with E-state index >= 15 is 0 Å². The van der Waals surface area contributed by atoms with E-state index in [9.17, 15) is 14.4 Å². The molecular weight excluding hydrogens is 556 g/mol. The number of rotatable bonds is 12. The minimum atomic E-state index is -1.36. The largest absolute Gasteiger partial charge is 0.481 e. The molecule has 43 heavy (non-hydrogen) atoms. The summed E-state index contributed by atoms with van der Waals surface area (Å²) in [7, 11) is 6.19. The normalized spacial score (nSPS) is 20.1. The highest BCUT2D eigenvalue weighted by Crippen LogP contribution is 2.51. The van der Waals surface area contributed by atoms with Gasteiger partial charge < -0.3 is 29.6 Å². The number of aromatic amines is 1. The molecule has 0 bridgehead atoms. The first kappa shape index (κ1) is 33.7. The molecule has 4 rings (SSSR count). The van der Waals surface area contributed by atoms with E-state index in [2.05, 4.69) is 90.4 Å². The second-order valence-electron chi connectivity index (χ2n) is 11.0. The summed E-state index contributed by atoms with van der Waals surface area (Å²) in [6.45, 7) is 3.39. The molecule has 0 unspecified atom stereocenters. The molecule has 1 aliphatic rings. The van der Waals surface area contributed by atoms with Crippen molar-refractivity contribution < 1.29 is 44.2 Å². The standard InChI is InChI=1S/C26H34N2O2.C6H8O7/c1-5-30-26(24-22(19-29-4)21-13-9-10-14-23(21)27-24)17-15-25(16-18-26,28(2)3)20-11-7-6-8-12-20;7-4(8)1-3(2-5(9)10)6(11)13-12/h6-14,27H,5,15-19H2,1-4H3;3,12H,1-2H2,(H,7,8)(H,9,10). The summed E-state index contributed by atoms with van der Waals surface area (Å²) in [5, 5.41) is 25.7. The van der Waals surface area contributed by atoms with Crippen molar-refractivity contribution in [3.63, 3.8) is 0 Å². The Morgan fingerprint density at radius 3 is 2.02 bits per heavy atom. The van der Waals surface area contributed by atoms with Gasteiger partial charge >= 0.3 is 17.9 Å². The number of carbonyl (C=O) groups is 3. The van der Waals surface area contributed by atoms with Crippen LogP contribution in [-0.2, 0) is 46.5 Å². The minimum Gasteiger partial charge on any atom is -0.481 e. The molecule has 11 nitrogen and oxygen atoms in total. The van der Waals surface area contributed by atoms with Crippen molar-refractivity contribution >= 4 is 28.8 Å². The van der Waals surface area contributed by atoms with Crippen molar-refractivity contribution in [2.75, 3.05) is 27.8 Å². The van der Waals surface area contributed by atoms with Crippen LogP contribution in [0.3, 0.4) is 0 Å². The maximum Gasteiger partial charge on any atom is 0.346 e. The summed E-state index contributed by atoms with van der Waals surface area (Å²) in [5.74, 6) is -5.29. The molecule has 0 radical (unpaired) electrons. The van der Waals surface area contributed by atoms with Gasteiger partial charge in [0.05, 0.1) is 31.1 Å². The second-order valence-corrected chi connectivity index (χ2v) is 11.0. The Balaban J connectivity index is 0.000000331. The van der Waals surface area contributed by atoms with Crippen LogP contribution in [0, 0.1) is 5.92 Å². The van der Waals surface area contributed by atoms with Gasteiger partial charge in [-0.1, -0.05) is 48.5 Å². The first-order valence-corrected chi connectivity index (χ1v) is 14.3. The number of aliphatic carboxylic acids is 2. The highest BCUT2D eigenvalue weighted by Gasteiger charge is 2.48. The SMILES string of the molecule is CCOC1(c2[nH]c3ccccc3c2COC)CCC(c2ccccc2)(N(C)C)CC1.O=C(O)CC(CC(=O)O)C(=O)OO. The molecule has 1 saturated carbocycles. The third kappa shape index (κ3) is 7.80. The lowest BCUT2D eigenvalue weighted by atomic mass is 9.68. The topological polar surface area (TPSA) is 159 Å². The summed E-state index contributed by atoms with van der Waals surface area (Å²) in [6.07, 6.45) is 2.66. The smallest absolute Gasteiger partial charge is 0.346 e. The monoisotopic (exact) mass is 598 g/mol. The number of para-hydroxylation sites is 1. The first-order chi connectivity index (χ1) is 20.5. The molecule has 0 spiro atoms. The van der Waals surface area contributed by atoms with Gasteiger partial charge in [0.1, 0.15) is 5.60 Å². The molecule has 0 aliphatic heterocycles. The van der Waals surface area contributed by atoms with Crippen molar-refractivity contribution in [1.82, 2.24) is 9.88 Å². The molecule has 0 amide bonds. The zero-order valence-corrected chi connectivity index (χ0v) is 25.2. The Morgan fingerprint density at radius 2 is 1.51 bits per heavy atom. The average Bonchev–Trinajstić information content (AvgIpc) is 3.36. The number of fused-ring (bicyclic) bond motifs is 1. The van der Waals surface area contributed by atoms with E-state index in [1.165, 1.54) is 22.2 Å². The molecule has 3 aromatic rings. The molecule has 1 aliphatic carbocycles. The zero-order chi connectivity index (χ0) is 31.6. The highest BCUT2D eigenvalue weighted by atomic mass is 17.1. The number of aromatic nitrogens is 1. The van der Waals surface area contributed by atoms with Crippen molar-refractivity contribution in [1.29, 1.82) is 0 Å². The Morgan fingerprint density at radius 1 is 0.930 bits per heavy atom. The van der Waals surface area contributed by atoms with Gasteiger partial charge in [-0.3, -0.25) is 14.5 Å². The Hall–Kier alpha value is -3.77. The van der Waals surface area contributed by atoms with Gasteiger partial charge in [0.2, 0.25) is 0 Å². The van der Waals surface area contributed by atoms with Crippen molar-refractivity contribution in [2.24, 2.45) is 5.92 Å². The third-order valence-electron chi connectivity index (χ3n) is 8.30. The average molecular weight is 599 g/mol. The summed E-state index contributed by atoms with van der Waals surface area (Å²) < 4.78 is 12.2. The lowest BCUT2D eigenvalue weighted by Crippen LogP contribution is -2.49. The van der Waals surface area contributed by atoms with Gasteiger partial charge in [0.15, 0.2) is 0 Å². The van der Waals surface area contributed by atoms with Crippen LogP contribution in [0.5, 0.6) is 0 Å². The van der Waals surface area contributed by atoms with E-state index in [0.717, 1.165) is 31.2 Å². The van der Waals surface area contributed by atoms with Gasteiger partial charge in [-0.05, 0) is 58.3 Å². The van der Waals surface area contributed by atoms with Gasteiger partial charge in [-0.2, -0.15) is 5.26 Å². The summed E-state index contributed by atoms with van der Waals surface area (Å²) in [6, 6.07) is 19.5. The van der Waals surface area contributed by atoms with Crippen LogP contribution in [0.4, 0.5) is 0 Å². The van der Waals surface area contributed by atoms with Crippen LogP contribution in [0.25, 0.3) is 10.9 Å². The summed E-state index contributed by atoms with van der Waals surface area (Å²) >= 11 is 0. The third-order valence-corrected chi connectivity index (χ3v) is 8.30. The number of hydrogen-bond acceptors (Lipinski definition) is 8. The molecule has 1 heterocycles. The summed E-state index contributed by atoms with van der Waals surface area (Å²) in [4.78, 5) is 40.2. The molecule has 4 N–H and O–H groups in total. The van der Waals surface area contributed by atoms with E-state index in [-0.39, 0.29) is 11.1 Å². The number of methoxy groups -OCH3 is 1. The molecule has 1 aromatic heterocycles. The van der Waals surface area contributed by atoms with E-state index in [4.69, 9.17) is 24.9 Å². The lowest BCUT2D eigenvalue weighted by molar-refractivity contribution is -0.239. The van der Waals surface area contributed by atoms with Gasteiger partial charge in [0, 0.05) is 35.7 Å². The number of ether oxygens (including phenoxy) is 2. The minimum absolute atomic E-state index is 0.0370. The van der Waals surface area contributed by atoms with E-state index < -0.39 is 36.7 Å². The van der Waals surface area contributed by atoms with Crippen LogP contribution in [0.2, 0.25) is 0 Å². The number of carboxylic acids is 2. The fourth-order valence-corrected chi connectivity index (χ4v) is 6.17. The number of benzene rings is 2. The number of nitrogens with one attached hydrogen (secondary N) is 1. The van der Waals surface area contributed by atoms with Crippen molar-refractivity contribution in [3.05, 3.63) is 71.4 Å². The quantitative estimate of drug-likeness (QED) is 0.162. The van der Waals surface area contributed by atoms with E-state index in [0.29, 0.717) is 13.2 Å².